The highest BCUT2D eigenvalue weighted by molar-refractivity contribution is 7.16. The molecule has 0 saturated heterocycles. The Morgan fingerprint density at radius 1 is 1.46 bits per heavy atom. The molecule has 1 amide bonds. The van der Waals surface area contributed by atoms with Crippen molar-refractivity contribution in [2.45, 2.75) is 20.8 Å². The van der Waals surface area contributed by atoms with Crippen LogP contribution in [0.3, 0.4) is 0 Å². The molecule has 0 aliphatic heterocycles. The molecule has 2 heterocycles. The summed E-state index contributed by atoms with van der Waals surface area (Å²) in [4.78, 5) is 25.3. The number of ether oxygens (including phenoxy) is 1. The summed E-state index contributed by atoms with van der Waals surface area (Å²) in [6, 6.07) is 5.12. The first-order valence-corrected chi connectivity index (χ1v) is 8.03. The largest absolute Gasteiger partial charge is 0.465 e. The van der Waals surface area contributed by atoms with E-state index < -0.39 is 11.9 Å². The smallest absolute Gasteiger partial charge is 0.341 e. The zero-order valence-electron chi connectivity index (χ0n) is 13.5. The second kappa shape index (κ2) is 7.62. The molecule has 0 spiro atoms. The second-order valence-corrected chi connectivity index (χ2v) is 6.07. The van der Waals surface area contributed by atoms with Crippen LogP contribution < -0.4 is 5.32 Å². The van der Waals surface area contributed by atoms with Gasteiger partial charge in [-0.15, -0.1) is 11.3 Å². The van der Waals surface area contributed by atoms with Gasteiger partial charge in [-0.05, 0) is 38.5 Å². The SMILES string of the molecule is CCOC(=O)c1c(NC(=O)/C(C#N)=C/c2ccco2)sc(C)c1C. The van der Waals surface area contributed by atoms with Gasteiger partial charge >= 0.3 is 5.97 Å². The molecule has 0 saturated carbocycles. The summed E-state index contributed by atoms with van der Waals surface area (Å²) in [6.07, 6.45) is 2.79. The zero-order chi connectivity index (χ0) is 17.7. The Morgan fingerprint density at radius 3 is 2.79 bits per heavy atom. The fourth-order valence-corrected chi connectivity index (χ4v) is 3.04. The first-order valence-electron chi connectivity index (χ1n) is 7.21. The third-order valence-electron chi connectivity index (χ3n) is 3.29. The van der Waals surface area contributed by atoms with Crippen molar-refractivity contribution < 1.29 is 18.7 Å². The number of nitrogens with one attached hydrogen (secondary N) is 1. The Bertz CT molecular complexity index is 826. The van der Waals surface area contributed by atoms with Crippen LogP contribution in [0.1, 0.15) is 33.5 Å². The number of nitriles is 1. The van der Waals surface area contributed by atoms with E-state index in [0.29, 0.717) is 16.3 Å². The molecular weight excluding hydrogens is 328 g/mol. The molecule has 0 radical (unpaired) electrons. The number of amides is 1. The number of anilines is 1. The fourth-order valence-electron chi connectivity index (χ4n) is 2.00. The van der Waals surface area contributed by atoms with Crippen molar-refractivity contribution in [2.75, 3.05) is 11.9 Å². The van der Waals surface area contributed by atoms with Gasteiger partial charge in [0.1, 0.15) is 22.4 Å². The van der Waals surface area contributed by atoms with E-state index in [-0.39, 0.29) is 12.2 Å². The molecule has 0 atom stereocenters. The van der Waals surface area contributed by atoms with Gasteiger partial charge in [-0.1, -0.05) is 0 Å². The number of aryl methyl sites for hydroxylation is 1. The predicted octanol–water partition coefficient (Wildman–Crippen LogP) is 3.68. The van der Waals surface area contributed by atoms with E-state index >= 15 is 0 Å². The number of rotatable bonds is 5. The first-order chi connectivity index (χ1) is 11.5. The number of nitrogens with zero attached hydrogens (tertiary/aromatic N) is 1. The molecule has 0 fully saturated rings. The minimum atomic E-state index is -0.610. The molecule has 7 heteroatoms. The lowest BCUT2D eigenvalue weighted by molar-refractivity contribution is -0.112. The summed E-state index contributed by atoms with van der Waals surface area (Å²) >= 11 is 1.27. The van der Waals surface area contributed by atoms with Crippen LogP contribution in [0.15, 0.2) is 28.4 Å². The Hall–Kier alpha value is -2.85. The molecule has 24 heavy (non-hydrogen) atoms. The predicted molar refractivity (Wildman–Crippen MR) is 90.7 cm³/mol. The van der Waals surface area contributed by atoms with Crippen LogP contribution in [0, 0.1) is 25.2 Å². The van der Waals surface area contributed by atoms with Crippen LogP contribution in [-0.4, -0.2) is 18.5 Å². The number of carbonyl (C=O) groups excluding carboxylic acids is 2. The van der Waals surface area contributed by atoms with Gasteiger partial charge in [-0.2, -0.15) is 5.26 Å². The first kappa shape index (κ1) is 17.5. The highest BCUT2D eigenvalue weighted by Gasteiger charge is 2.23. The third kappa shape index (κ3) is 3.73. The Kier molecular flexibility index (Phi) is 5.55. The molecule has 0 bridgehead atoms. The van der Waals surface area contributed by atoms with Crippen molar-refractivity contribution in [1.82, 2.24) is 0 Å². The van der Waals surface area contributed by atoms with Gasteiger partial charge in [-0.3, -0.25) is 4.79 Å². The molecule has 2 aromatic heterocycles. The number of carbonyl (C=O) groups is 2. The molecule has 2 aromatic rings. The Morgan fingerprint density at radius 2 is 2.21 bits per heavy atom. The molecule has 2 rings (SSSR count). The third-order valence-corrected chi connectivity index (χ3v) is 4.41. The van der Waals surface area contributed by atoms with E-state index in [9.17, 15) is 14.9 Å². The lowest BCUT2D eigenvalue weighted by Gasteiger charge is -2.06. The monoisotopic (exact) mass is 344 g/mol. The summed E-state index contributed by atoms with van der Waals surface area (Å²) < 4.78 is 10.1. The maximum atomic E-state index is 12.3. The van der Waals surface area contributed by atoms with E-state index in [0.717, 1.165) is 10.4 Å². The van der Waals surface area contributed by atoms with Crippen LogP contribution in [0.2, 0.25) is 0 Å². The molecular formula is C17H16N2O4S. The summed E-state index contributed by atoms with van der Waals surface area (Å²) in [5, 5.41) is 12.2. The Labute approximate surface area is 143 Å². The van der Waals surface area contributed by atoms with Crippen LogP contribution in [0.25, 0.3) is 6.08 Å². The standard InChI is InChI=1S/C17H16N2O4S/c1-4-22-17(21)14-10(2)11(3)24-16(14)19-15(20)12(9-18)8-13-6-5-7-23-13/h5-8H,4H2,1-3H3,(H,19,20)/b12-8+. The summed E-state index contributed by atoms with van der Waals surface area (Å²) in [7, 11) is 0. The van der Waals surface area contributed by atoms with Gasteiger partial charge in [0, 0.05) is 11.0 Å². The van der Waals surface area contributed by atoms with Crippen molar-refractivity contribution >= 4 is 34.3 Å². The average Bonchev–Trinajstić information content (AvgIpc) is 3.14. The molecule has 124 valence electrons. The van der Waals surface area contributed by atoms with Crippen LogP contribution >= 0.6 is 11.3 Å². The number of hydrogen-bond acceptors (Lipinski definition) is 6. The topological polar surface area (TPSA) is 92.3 Å². The Balaban J connectivity index is 2.30. The number of esters is 1. The highest BCUT2D eigenvalue weighted by Crippen LogP contribution is 2.33. The van der Waals surface area contributed by atoms with E-state index in [1.807, 2.05) is 13.0 Å². The van der Waals surface area contributed by atoms with E-state index in [4.69, 9.17) is 9.15 Å². The van der Waals surface area contributed by atoms with E-state index in [1.54, 1.807) is 26.0 Å². The van der Waals surface area contributed by atoms with Gasteiger partial charge in [0.05, 0.1) is 18.4 Å². The van der Waals surface area contributed by atoms with Gasteiger partial charge in [-0.25, -0.2) is 4.79 Å². The quantitative estimate of drug-likeness (QED) is 0.507. The molecule has 6 nitrogen and oxygen atoms in total. The van der Waals surface area contributed by atoms with Crippen molar-refractivity contribution in [1.29, 1.82) is 5.26 Å². The number of furan rings is 1. The summed E-state index contributed by atoms with van der Waals surface area (Å²) in [5.74, 6) is -0.713. The molecule has 1 N–H and O–H groups in total. The minimum absolute atomic E-state index is 0.122. The number of hydrogen-bond donors (Lipinski definition) is 1. The van der Waals surface area contributed by atoms with Gasteiger partial charge in [0.25, 0.3) is 5.91 Å². The van der Waals surface area contributed by atoms with Crippen LogP contribution in [-0.2, 0) is 9.53 Å². The van der Waals surface area contributed by atoms with Crippen molar-refractivity contribution in [3.8, 4) is 6.07 Å². The minimum Gasteiger partial charge on any atom is -0.465 e. The van der Waals surface area contributed by atoms with Gasteiger partial charge in [0.15, 0.2) is 0 Å². The molecule has 0 aliphatic carbocycles. The lowest BCUT2D eigenvalue weighted by Crippen LogP contribution is -2.16. The normalized spacial score (nSPS) is 11.0. The number of thiophene rings is 1. The second-order valence-electron chi connectivity index (χ2n) is 4.85. The van der Waals surface area contributed by atoms with Gasteiger partial charge < -0.3 is 14.5 Å². The summed E-state index contributed by atoms with van der Waals surface area (Å²) in [5.41, 5.74) is 0.953. The van der Waals surface area contributed by atoms with E-state index in [1.165, 1.54) is 23.7 Å². The van der Waals surface area contributed by atoms with Crippen molar-refractivity contribution in [3.05, 3.63) is 45.7 Å². The molecule has 0 aromatic carbocycles. The maximum Gasteiger partial charge on any atom is 0.341 e. The van der Waals surface area contributed by atoms with E-state index in [2.05, 4.69) is 5.32 Å². The van der Waals surface area contributed by atoms with Crippen molar-refractivity contribution in [2.24, 2.45) is 0 Å². The fraction of sp³-hybridized carbons (Fsp3) is 0.235. The molecule has 0 unspecified atom stereocenters. The average molecular weight is 344 g/mol. The summed E-state index contributed by atoms with van der Waals surface area (Å²) in [6.45, 7) is 5.59. The molecule has 0 aliphatic rings. The van der Waals surface area contributed by atoms with Gasteiger partial charge in [0.2, 0.25) is 0 Å². The zero-order valence-corrected chi connectivity index (χ0v) is 14.3. The maximum absolute atomic E-state index is 12.3. The van der Waals surface area contributed by atoms with Crippen LogP contribution in [0.5, 0.6) is 0 Å². The van der Waals surface area contributed by atoms with Crippen molar-refractivity contribution in [3.63, 3.8) is 0 Å². The highest BCUT2D eigenvalue weighted by atomic mass is 32.1. The van der Waals surface area contributed by atoms with Crippen LogP contribution in [0.4, 0.5) is 5.00 Å². The lowest BCUT2D eigenvalue weighted by atomic mass is 10.1.